The first-order chi connectivity index (χ1) is 11.4. The zero-order chi connectivity index (χ0) is 17.7. The Bertz CT molecular complexity index is 701. The summed E-state index contributed by atoms with van der Waals surface area (Å²) in [4.78, 5) is 12.2. The Morgan fingerprint density at radius 1 is 1.21 bits per heavy atom. The van der Waals surface area contributed by atoms with Crippen LogP contribution < -0.4 is 10.6 Å². The minimum Gasteiger partial charge on any atom is -0.332 e. The molecular weight excluding hydrogens is 327 g/mol. The number of quaternary nitrogens is 1. The summed E-state index contributed by atoms with van der Waals surface area (Å²) in [6.45, 7) is 6.38. The standard InChI is InChI=1S/C19H22ClFN2O/c1-12(2)19(14-5-8-16(21)9-6-14)22-11-18(24)23-17-10-15(20)7-4-13(17)3/h4-10,12,19,22H,11H2,1-3H3,(H,23,24)/p+1/t19-/m0/s1. The fraction of sp³-hybridized carbons (Fsp3) is 0.316. The summed E-state index contributed by atoms with van der Waals surface area (Å²) in [5.41, 5.74) is 2.70. The van der Waals surface area contributed by atoms with Crippen molar-refractivity contribution in [1.82, 2.24) is 0 Å². The number of aryl methyl sites for hydroxylation is 1. The highest BCUT2D eigenvalue weighted by Gasteiger charge is 2.20. The lowest BCUT2D eigenvalue weighted by Gasteiger charge is -2.19. The van der Waals surface area contributed by atoms with Crippen LogP contribution in [0.4, 0.5) is 10.1 Å². The number of benzene rings is 2. The summed E-state index contributed by atoms with van der Waals surface area (Å²) >= 11 is 5.97. The van der Waals surface area contributed by atoms with E-state index in [9.17, 15) is 9.18 Å². The van der Waals surface area contributed by atoms with Crippen LogP contribution in [0.1, 0.15) is 31.0 Å². The first-order valence-electron chi connectivity index (χ1n) is 8.01. The smallest absolute Gasteiger partial charge is 0.279 e. The zero-order valence-electron chi connectivity index (χ0n) is 14.1. The molecule has 0 radical (unpaired) electrons. The van der Waals surface area contributed by atoms with Crippen molar-refractivity contribution in [3.63, 3.8) is 0 Å². The van der Waals surface area contributed by atoms with E-state index < -0.39 is 0 Å². The van der Waals surface area contributed by atoms with Gasteiger partial charge in [-0.25, -0.2) is 4.39 Å². The molecule has 3 N–H and O–H groups in total. The lowest BCUT2D eigenvalue weighted by Crippen LogP contribution is -2.88. The van der Waals surface area contributed by atoms with Crippen LogP contribution >= 0.6 is 11.6 Å². The molecule has 0 fully saturated rings. The number of nitrogens with two attached hydrogens (primary N) is 1. The summed E-state index contributed by atoms with van der Waals surface area (Å²) in [7, 11) is 0. The number of amides is 1. The Labute approximate surface area is 147 Å². The van der Waals surface area contributed by atoms with Crippen LogP contribution in [0.15, 0.2) is 42.5 Å². The Morgan fingerprint density at radius 2 is 1.88 bits per heavy atom. The number of nitrogens with one attached hydrogen (secondary N) is 1. The molecule has 3 nitrogen and oxygen atoms in total. The molecule has 2 rings (SSSR count). The largest absolute Gasteiger partial charge is 0.332 e. The van der Waals surface area contributed by atoms with E-state index in [1.165, 1.54) is 12.1 Å². The number of carbonyl (C=O) groups excluding carboxylic acids is 1. The average molecular weight is 350 g/mol. The first kappa shape index (κ1) is 18.4. The highest BCUT2D eigenvalue weighted by molar-refractivity contribution is 6.31. The van der Waals surface area contributed by atoms with Gasteiger partial charge in [0.15, 0.2) is 6.54 Å². The summed E-state index contributed by atoms with van der Waals surface area (Å²) in [6.07, 6.45) is 0. The monoisotopic (exact) mass is 349 g/mol. The van der Waals surface area contributed by atoms with Gasteiger partial charge < -0.3 is 10.6 Å². The molecule has 2 aromatic rings. The van der Waals surface area contributed by atoms with Gasteiger partial charge in [-0.1, -0.05) is 43.6 Å². The third kappa shape index (κ3) is 5.05. The van der Waals surface area contributed by atoms with Gasteiger partial charge in [0.05, 0.1) is 0 Å². The predicted octanol–water partition coefficient (Wildman–Crippen LogP) is 3.69. The fourth-order valence-corrected chi connectivity index (χ4v) is 2.81. The number of rotatable bonds is 6. The minimum absolute atomic E-state index is 0.0897. The molecule has 0 unspecified atom stereocenters. The normalized spacial score (nSPS) is 12.2. The van der Waals surface area contributed by atoms with Gasteiger partial charge in [-0.3, -0.25) is 4.79 Å². The van der Waals surface area contributed by atoms with E-state index in [1.807, 2.05) is 18.3 Å². The quantitative estimate of drug-likeness (QED) is 0.821. The highest BCUT2D eigenvalue weighted by Crippen LogP contribution is 2.20. The van der Waals surface area contributed by atoms with Gasteiger partial charge in [0, 0.05) is 22.2 Å². The number of halogens is 2. The summed E-state index contributed by atoms with van der Waals surface area (Å²) < 4.78 is 13.1. The van der Waals surface area contributed by atoms with E-state index in [0.29, 0.717) is 10.9 Å². The molecule has 0 saturated heterocycles. The van der Waals surface area contributed by atoms with Gasteiger partial charge >= 0.3 is 0 Å². The molecule has 0 aromatic heterocycles. The van der Waals surface area contributed by atoms with E-state index in [4.69, 9.17) is 11.6 Å². The summed E-state index contributed by atoms with van der Waals surface area (Å²) in [5, 5.41) is 5.46. The molecule has 1 amide bonds. The number of anilines is 1. The number of carbonyl (C=O) groups is 1. The molecule has 0 aliphatic carbocycles. The van der Waals surface area contributed by atoms with Crippen molar-refractivity contribution in [3.8, 4) is 0 Å². The number of hydrogen-bond donors (Lipinski definition) is 2. The van der Waals surface area contributed by atoms with Crippen LogP contribution in [-0.2, 0) is 4.79 Å². The van der Waals surface area contributed by atoms with E-state index in [1.54, 1.807) is 24.3 Å². The summed E-state index contributed by atoms with van der Waals surface area (Å²) in [6, 6.07) is 12.0. The molecule has 0 spiro atoms. The van der Waals surface area contributed by atoms with E-state index in [2.05, 4.69) is 19.2 Å². The SMILES string of the molecule is Cc1ccc(Cl)cc1NC(=O)C[NH2+][C@H](c1ccc(F)cc1)C(C)C. The first-order valence-corrected chi connectivity index (χ1v) is 8.39. The van der Waals surface area contributed by atoms with E-state index in [-0.39, 0.29) is 24.3 Å². The van der Waals surface area contributed by atoms with Crippen molar-refractivity contribution in [2.75, 3.05) is 11.9 Å². The maximum atomic E-state index is 13.1. The minimum atomic E-state index is -0.254. The van der Waals surface area contributed by atoms with Gasteiger partial charge in [0.1, 0.15) is 11.9 Å². The van der Waals surface area contributed by atoms with Crippen LogP contribution in [0.3, 0.4) is 0 Å². The van der Waals surface area contributed by atoms with Crippen LogP contribution in [0.25, 0.3) is 0 Å². The molecule has 1 atom stereocenters. The third-order valence-corrected chi connectivity index (χ3v) is 4.24. The molecule has 128 valence electrons. The lowest BCUT2D eigenvalue weighted by molar-refractivity contribution is -0.692. The molecule has 0 heterocycles. The molecule has 24 heavy (non-hydrogen) atoms. The Morgan fingerprint density at radius 3 is 2.50 bits per heavy atom. The molecule has 0 aliphatic heterocycles. The summed E-state index contributed by atoms with van der Waals surface area (Å²) in [5.74, 6) is -0.0280. The van der Waals surface area contributed by atoms with Crippen molar-refractivity contribution in [2.24, 2.45) is 5.92 Å². The van der Waals surface area contributed by atoms with Gasteiger partial charge in [-0.05, 0) is 36.8 Å². The predicted molar refractivity (Wildman–Crippen MR) is 95.6 cm³/mol. The van der Waals surface area contributed by atoms with Crippen LogP contribution in [-0.4, -0.2) is 12.5 Å². The van der Waals surface area contributed by atoms with Gasteiger partial charge in [0.25, 0.3) is 5.91 Å². The molecule has 2 aromatic carbocycles. The second-order valence-corrected chi connectivity index (χ2v) is 6.71. The van der Waals surface area contributed by atoms with Crippen LogP contribution in [0, 0.1) is 18.7 Å². The fourth-order valence-electron chi connectivity index (χ4n) is 2.64. The Hall–Kier alpha value is -1.91. The van der Waals surface area contributed by atoms with Crippen LogP contribution in [0.2, 0.25) is 5.02 Å². The maximum absolute atomic E-state index is 13.1. The Balaban J connectivity index is 2.00. The van der Waals surface area contributed by atoms with Gasteiger partial charge in [-0.15, -0.1) is 0 Å². The highest BCUT2D eigenvalue weighted by atomic mass is 35.5. The molecule has 0 saturated carbocycles. The molecular formula is C19H23ClFN2O+. The molecule has 0 aliphatic rings. The maximum Gasteiger partial charge on any atom is 0.279 e. The third-order valence-electron chi connectivity index (χ3n) is 4.00. The van der Waals surface area contributed by atoms with Gasteiger partial charge in [0.2, 0.25) is 0 Å². The van der Waals surface area contributed by atoms with E-state index >= 15 is 0 Å². The van der Waals surface area contributed by atoms with Crippen LogP contribution in [0.5, 0.6) is 0 Å². The zero-order valence-corrected chi connectivity index (χ0v) is 14.9. The lowest BCUT2D eigenvalue weighted by atomic mass is 9.96. The Kier molecular flexibility index (Phi) is 6.35. The van der Waals surface area contributed by atoms with Crippen molar-refractivity contribution in [1.29, 1.82) is 0 Å². The number of hydrogen-bond acceptors (Lipinski definition) is 1. The molecule has 5 heteroatoms. The van der Waals surface area contributed by atoms with Gasteiger partial charge in [-0.2, -0.15) is 0 Å². The topological polar surface area (TPSA) is 45.7 Å². The van der Waals surface area contributed by atoms with Crippen molar-refractivity contribution >= 4 is 23.2 Å². The van der Waals surface area contributed by atoms with Crippen molar-refractivity contribution < 1.29 is 14.5 Å². The second kappa shape index (κ2) is 8.27. The van der Waals surface area contributed by atoms with Crippen molar-refractivity contribution in [2.45, 2.75) is 26.8 Å². The van der Waals surface area contributed by atoms with E-state index in [0.717, 1.165) is 16.8 Å². The molecule has 0 bridgehead atoms. The average Bonchev–Trinajstić information content (AvgIpc) is 2.52. The second-order valence-electron chi connectivity index (χ2n) is 6.27. The van der Waals surface area contributed by atoms with Crippen molar-refractivity contribution in [3.05, 3.63) is 64.4 Å².